The van der Waals surface area contributed by atoms with E-state index in [1.165, 1.54) is 11.3 Å². The van der Waals surface area contributed by atoms with Crippen molar-refractivity contribution in [3.05, 3.63) is 59.5 Å². The van der Waals surface area contributed by atoms with Gasteiger partial charge in [-0.1, -0.05) is 19.1 Å². The van der Waals surface area contributed by atoms with Crippen molar-refractivity contribution in [1.82, 2.24) is 10.3 Å². The van der Waals surface area contributed by atoms with E-state index in [2.05, 4.69) is 22.5 Å². The van der Waals surface area contributed by atoms with Crippen molar-refractivity contribution in [2.75, 3.05) is 19.0 Å². The van der Waals surface area contributed by atoms with Gasteiger partial charge in [0.05, 0.1) is 19.4 Å². The van der Waals surface area contributed by atoms with Crippen LogP contribution >= 0.6 is 11.3 Å². The molecule has 2 amide bonds. The van der Waals surface area contributed by atoms with E-state index >= 15 is 0 Å². The summed E-state index contributed by atoms with van der Waals surface area (Å²) in [4.78, 5) is 16.6. The summed E-state index contributed by atoms with van der Waals surface area (Å²) in [6.45, 7) is 3.20. The minimum Gasteiger partial charge on any atom is -0.497 e. The van der Waals surface area contributed by atoms with Crippen LogP contribution in [0.2, 0.25) is 0 Å². The Hall–Kier alpha value is -3.06. The molecule has 1 heterocycles. The monoisotopic (exact) mass is 397 g/mol. The predicted octanol–water partition coefficient (Wildman–Crippen LogP) is 4.93. The van der Waals surface area contributed by atoms with Gasteiger partial charge in [0, 0.05) is 17.5 Å². The number of carbonyl (C=O) groups excluding carboxylic acids is 1. The van der Waals surface area contributed by atoms with Gasteiger partial charge in [-0.3, -0.25) is 5.32 Å². The summed E-state index contributed by atoms with van der Waals surface area (Å²) < 4.78 is 10.7. The molecule has 0 radical (unpaired) electrons. The van der Waals surface area contributed by atoms with Crippen LogP contribution in [-0.2, 0) is 6.54 Å². The first-order valence-electron chi connectivity index (χ1n) is 9.04. The number of thiazole rings is 1. The van der Waals surface area contributed by atoms with Gasteiger partial charge in [0.1, 0.15) is 11.5 Å². The van der Waals surface area contributed by atoms with Crippen LogP contribution in [0.5, 0.6) is 11.5 Å². The first kappa shape index (κ1) is 19.7. The van der Waals surface area contributed by atoms with Crippen LogP contribution in [0.4, 0.5) is 9.93 Å². The zero-order valence-electron chi connectivity index (χ0n) is 15.9. The van der Waals surface area contributed by atoms with Crippen molar-refractivity contribution in [2.24, 2.45) is 0 Å². The molecule has 7 heteroatoms. The van der Waals surface area contributed by atoms with Gasteiger partial charge in [-0.2, -0.15) is 0 Å². The molecule has 28 heavy (non-hydrogen) atoms. The second kappa shape index (κ2) is 9.75. The number of carbonyl (C=O) groups is 1. The molecule has 0 atom stereocenters. The average Bonchev–Trinajstić information content (AvgIpc) is 3.20. The Balaban J connectivity index is 1.52. The number of rotatable bonds is 8. The third-order valence-electron chi connectivity index (χ3n) is 3.96. The first-order valence-corrected chi connectivity index (χ1v) is 9.92. The number of nitrogens with zero attached hydrogens (tertiary/aromatic N) is 1. The van der Waals surface area contributed by atoms with E-state index in [1.807, 2.05) is 53.9 Å². The minimum atomic E-state index is -0.292. The number of ether oxygens (including phenoxy) is 2. The first-order chi connectivity index (χ1) is 13.7. The Bertz CT molecular complexity index is 892. The van der Waals surface area contributed by atoms with Crippen molar-refractivity contribution in [3.8, 4) is 22.8 Å². The number of anilines is 1. The zero-order valence-corrected chi connectivity index (χ0v) is 16.7. The smallest absolute Gasteiger partial charge is 0.321 e. The molecule has 2 aromatic carbocycles. The fourth-order valence-corrected chi connectivity index (χ4v) is 3.19. The lowest BCUT2D eigenvalue weighted by Gasteiger charge is -2.06. The summed E-state index contributed by atoms with van der Waals surface area (Å²) in [6.07, 6.45) is 0.976. The largest absolute Gasteiger partial charge is 0.497 e. The fraction of sp³-hybridized carbons (Fsp3) is 0.238. The van der Waals surface area contributed by atoms with Crippen LogP contribution in [-0.4, -0.2) is 24.7 Å². The molecule has 6 nitrogen and oxygen atoms in total. The van der Waals surface area contributed by atoms with Crippen molar-refractivity contribution in [2.45, 2.75) is 19.9 Å². The molecule has 146 valence electrons. The molecule has 0 saturated heterocycles. The molecule has 0 aliphatic rings. The van der Waals surface area contributed by atoms with E-state index in [1.54, 1.807) is 7.11 Å². The van der Waals surface area contributed by atoms with E-state index in [9.17, 15) is 4.79 Å². The van der Waals surface area contributed by atoms with Crippen molar-refractivity contribution in [3.63, 3.8) is 0 Å². The lowest BCUT2D eigenvalue weighted by atomic mass is 10.2. The van der Waals surface area contributed by atoms with Crippen LogP contribution in [0.3, 0.4) is 0 Å². The highest BCUT2D eigenvalue weighted by Crippen LogP contribution is 2.26. The minimum absolute atomic E-state index is 0.292. The third kappa shape index (κ3) is 5.47. The van der Waals surface area contributed by atoms with Crippen LogP contribution in [0.25, 0.3) is 11.3 Å². The Kier molecular flexibility index (Phi) is 6.86. The second-order valence-corrected chi connectivity index (χ2v) is 6.92. The van der Waals surface area contributed by atoms with Gasteiger partial charge in [0.2, 0.25) is 0 Å². The van der Waals surface area contributed by atoms with Crippen molar-refractivity contribution in [1.29, 1.82) is 0 Å². The average molecular weight is 398 g/mol. The predicted molar refractivity (Wildman–Crippen MR) is 112 cm³/mol. The highest BCUT2D eigenvalue weighted by Gasteiger charge is 2.08. The van der Waals surface area contributed by atoms with Gasteiger partial charge in [0.15, 0.2) is 5.13 Å². The molecule has 3 aromatic rings. The van der Waals surface area contributed by atoms with Gasteiger partial charge in [0.25, 0.3) is 0 Å². The maximum atomic E-state index is 12.1. The van der Waals surface area contributed by atoms with Gasteiger partial charge in [-0.15, -0.1) is 11.3 Å². The molecule has 0 aliphatic carbocycles. The summed E-state index contributed by atoms with van der Waals surface area (Å²) in [5, 5.41) is 8.06. The van der Waals surface area contributed by atoms with E-state index in [-0.39, 0.29) is 6.03 Å². The molecule has 0 spiro atoms. The molecule has 0 saturated carbocycles. The van der Waals surface area contributed by atoms with Crippen LogP contribution in [0.15, 0.2) is 53.9 Å². The maximum absolute atomic E-state index is 12.1. The van der Waals surface area contributed by atoms with Crippen LogP contribution in [0, 0.1) is 0 Å². The van der Waals surface area contributed by atoms with Crippen molar-refractivity contribution < 1.29 is 14.3 Å². The molecular weight excluding hydrogens is 374 g/mol. The SMILES string of the molecule is CCCOc1ccc(-c2csc(NC(=O)NCc3ccc(OC)cc3)n2)cc1. The summed E-state index contributed by atoms with van der Waals surface area (Å²) in [5.74, 6) is 1.63. The lowest BCUT2D eigenvalue weighted by molar-refractivity contribution is 0.251. The molecule has 0 fully saturated rings. The second-order valence-electron chi connectivity index (χ2n) is 6.07. The molecule has 0 aliphatic heterocycles. The van der Waals surface area contributed by atoms with Gasteiger partial charge in [-0.25, -0.2) is 9.78 Å². The molecule has 3 rings (SSSR count). The van der Waals surface area contributed by atoms with E-state index < -0.39 is 0 Å². The number of nitrogens with one attached hydrogen (secondary N) is 2. The van der Waals surface area contributed by atoms with Gasteiger partial charge < -0.3 is 14.8 Å². The maximum Gasteiger partial charge on any atom is 0.321 e. The summed E-state index contributed by atoms with van der Waals surface area (Å²) in [5.41, 5.74) is 2.78. The number of urea groups is 1. The van der Waals surface area contributed by atoms with Crippen LogP contribution in [0.1, 0.15) is 18.9 Å². The van der Waals surface area contributed by atoms with E-state index in [0.717, 1.165) is 34.7 Å². The van der Waals surface area contributed by atoms with E-state index in [0.29, 0.717) is 18.3 Å². The number of benzene rings is 2. The topological polar surface area (TPSA) is 72.5 Å². The standard InChI is InChI=1S/C21H23N3O3S/c1-3-12-27-18-10-6-16(7-11-18)19-14-28-21(23-19)24-20(25)22-13-15-4-8-17(26-2)9-5-15/h4-11,14H,3,12-13H2,1-2H3,(H2,22,23,24,25). The molecule has 1 aromatic heterocycles. The lowest BCUT2D eigenvalue weighted by Crippen LogP contribution is -2.28. The van der Waals surface area contributed by atoms with Gasteiger partial charge >= 0.3 is 6.03 Å². The van der Waals surface area contributed by atoms with Crippen LogP contribution < -0.4 is 20.1 Å². The summed E-state index contributed by atoms with van der Waals surface area (Å²) in [7, 11) is 1.62. The molecule has 2 N–H and O–H groups in total. The van der Waals surface area contributed by atoms with Crippen molar-refractivity contribution >= 4 is 22.5 Å². The number of amides is 2. The Labute approximate surface area is 168 Å². The Morgan fingerprint density at radius 1 is 1.07 bits per heavy atom. The van der Waals surface area contributed by atoms with E-state index in [4.69, 9.17) is 9.47 Å². The zero-order chi connectivity index (χ0) is 19.8. The molecule has 0 unspecified atom stereocenters. The molecule has 0 bridgehead atoms. The normalized spacial score (nSPS) is 10.4. The number of hydrogen-bond donors (Lipinski definition) is 2. The Morgan fingerprint density at radius 2 is 1.79 bits per heavy atom. The summed E-state index contributed by atoms with van der Waals surface area (Å²) >= 11 is 1.39. The number of hydrogen-bond acceptors (Lipinski definition) is 5. The molecular formula is C21H23N3O3S. The van der Waals surface area contributed by atoms with Gasteiger partial charge in [-0.05, 0) is 48.4 Å². The third-order valence-corrected chi connectivity index (χ3v) is 4.72. The number of aromatic nitrogens is 1. The highest BCUT2D eigenvalue weighted by atomic mass is 32.1. The fourth-order valence-electron chi connectivity index (χ4n) is 2.47. The number of methoxy groups -OCH3 is 1. The highest BCUT2D eigenvalue weighted by molar-refractivity contribution is 7.14. The summed E-state index contributed by atoms with van der Waals surface area (Å²) in [6, 6.07) is 15.0. The Morgan fingerprint density at radius 3 is 2.46 bits per heavy atom. The quantitative estimate of drug-likeness (QED) is 0.565.